The number of aromatic nitrogens is 2. The fourth-order valence-electron chi connectivity index (χ4n) is 2.56. The van der Waals surface area contributed by atoms with E-state index in [4.69, 9.17) is 5.73 Å². The van der Waals surface area contributed by atoms with E-state index >= 15 is 0 Å². The first kappa shape index (κ1) is 13.9. The second kappa shape index (κ2) is 5.61. The van der Waals surface area contributed by atoms with Gasteiger partial charge in [-0.3, -0.25) is 9.89 Å². The highest BCUT2D eigenvalue weighted by atomic mass is 16.2. The van der Waals surface area contributed by atoms with Crippen LogP contribution < -0.4 is 5.73 Å². The van der Waals surface area contributed by atoms with E-state index in [2.05, 4.69) is 22.0 Å². The molecule has 1 aromatic heterocycles. The number of nitrogens with zero attached hydrogens (tertiary/aromatic N) is 3. The lowest BCUT2D eigenvalue weighted by molar-refractivity contribution is 0.0642. The number of nitrogens with two attached hydrogens (primary N) is 1. The molecule has 1 aliphatic heterocycles. The lowest BCUT2D eigenvalue weighted by Gasteiger charge is -2.36. The Morgan fingerprint density at radius 1 is 1.53 bits per heavy atom. The molecule has 3 N–H and O–H groups in total. The van der Waals surface area contributed by atoms with Gasteiger partial charge in [-0.15, -0.1) is 0 Å². The summed E-state index contributed by atoms with van der Waals surface area (Å²) in [5.41, 5.74) is 7.42. The Bertz CT molecular complexity index is 448. The normalized spacial score (nSPS) is 17.6. The summed E-state index contributed by atoms with van der Waals surface area (Å²) < 4.78 is 0. The van der Waals surface area contributed by atoms with E-state index in [-0.39, 0.29) is 11.9 Å². The number of aromatic amines is 1. The molecule has 1 aliphatic rings. The van der Waals surface area contributed by atoms with Crippen LogP contribution in [0, 0.1) is 6.92 Å². The van der Waals surface area contributed by atoms with Gasteiger partial charge in [-0.25, -0.2) is 0 Å². The molecule has 6 heteroatoms. The van der Waals surface area contributed by atoms with E-state index in [1.165, 1.54) is 0 Å². The van der Waals surface area contributed by atoms with Crippen LogP contribution in [-0.4, -0.2) is 58.6 Å². The number of carbonyl (C=O) groups is 1. The molecule has 2 rings (SSSR count). The van der Waals surface area contributed by atoms with Crippen molar-refractivity contribution >= 4 is 11.6 Å². The fourth-order valence-corrected chi connectivity index (χ4v) is 2.56. The smallest absolute Gasteiger partial charge is 0.276 e. The number of anilines is 1. The second-order valence-corrected chi connectivity index (χ2v) is 5.19. The summed E-state index contributed by atoms with van der Waals surface area (Å²) in [5, 5.41) is 6.77. The van der Waals surface area contributed by atoms with Crippen molar-refractivity contribution in [3.05, 3.63) is 11.4 Å². The van der Waals surface area contributed by atoms with Gasteiger partial charge in [0.2, 0.25) is 0 Å². The highest BCUT2D eigenvalue weighted by molar-refractivity contribution is 5.97. The number of rotatable bonds is 3. The van der Waals surface area contributed by atoms with Crippen LogP contribution >= 0.6 is 0 Å². The third kappa shape index (κ3) is 2.73. The predicted octanol–water partition coefficient (Wildman–Crippen LogP) is 0.857. The highest BCUT2D eigenvalue weighted by Crippen LogP contribution is 2.20. The number of H-pyrrole nitrogens is 1. The van der Waals surface area contributed by atoms with Gasteiger partial charge in [-0.05, 0) is 26.3 Å². The molecule has 19 heavy (non-hydrogen) atoms. The minimum Gasteiger partial charge on any atom is -0.395 e. The molecule has 0 unspecified atom stereocenters. The summed E-state index contributed by atoms with van der Waals surface area (Å²) in [6.07, 6.45) is 2.03. The minimum absolute atomic E-state index is 0.0863. The first-order valence-electron chi connectivity index (χ1n) is 6.84. The summed E-state index contributed by atoms with van der Waals surface area (Å²) in [4.78, 5) is 16.6. The third-order valence-corrected chi connectivity index (χ3v) is 4.07. The molecular formula is C13H23N5O. The van der Waals surface area contributed by atoms with Crippen molar-refractivity contribution in [1.29, 1.82) is 0 Å². The maximum absolute atomic E-state index is 12.4. The average molecular weight is 265 g/mol. The van der Waals surface area contributed by atoms with Gasteiger partial charge in [-0.1, -0.05) is 6.92 Å². The van der Waals surface area contributed by atoms with Crippen LogP contribution in [0.15, 0.2) is 0 Å². The van der Waals surface area contributed by atoms with Crippen molar-refractivity contribution < 1.29 is 4.79 Å². The summed E-state index contributed by atoms with van der Waals surface area (Å²) in [6.45, 7) is 7.17. The molecule has 2 heterocycles. The van der Waals surface area contributed by atoms with Crippen LogP contribution in [0.2, 0.25) is 0 Å². The van der Waals surface area contributed by atoms with Gasteiger partial charge in [0, 0.05) is 26.2 Å². The van der Waals surface area contributed by atoms with E-state index < -0.39 is 0 Å². The SMILES string of the molecule is CCN1CCC(N(C)C(=O)c2n[nH]c(C)c2N)CC1. The van der Waals surface area contributed by atoms with Gasteiger partial charge in [0.05, 0.1) is 11.4 Å². The molecule has 0 saturated carbocycles. The number of nitrogen functional groups attached to an aromatic ring is 1. The van der Waals surface area contributed by atoms with Crippen LogP contribution in [0.5, 0.6) is 0 Å². The number of aryl methyl sites for hydroxylation is 1. The molecule has 106 valence electrons. The molecule has 1 fully saturated rings. The molecule has 1 saturated heterocycles. The van der Waals surface area contributed by atoms with Crippen LogP contribution in [0.1, 0.15) is 35.9 Å². The van der Waals surface area contributed by atoms with Gasteiger partial charge in [0.15, 0.2) is 5.69 Å². The Hall–Kier alpha value is -1.56. The zero-order valence-corrected chi connectivity index (χ0v) is 11.9. The molecule has 1 amide bonds. The minimum atomic E-state index is -0.0863. The van der Waals surface area contributed by atoms with E-state index in [0.29, 0.717) is 11.4 Å². The number of carbonyl (C=O) groups excluding carboxylic acids is 1. The maximum Gasteiger partial charge on any atom is 0.276 e. The first-order chi connectivity index (χ1) is 9.04. The van der Waals surface area contributed by atoms with Crippen molar-refractivity contribution in [3.63, 3.8) is 0 Å². The molecule has 0 aliphatic carbocycles. The van der Waals surface area contributed by atoms with E-state index in [1.807, 2.05) is 14.0 Å². The fraction of sp³-hybridized carbons (Fsp3) is 0.692. The maximum atomic E-state index is 12.4. The predicted molar refractivity (Wildman–Crippen MR) is 75.0 cm³/mol. The molecule has 0 spiro atoms. The largest absolute Gasteiger partial charge is 0.395 e. The average Bonchev–Trinajstić information content (AvgIpc) is 2.77. The van der Waals surface area contributed by atoms with Gasteiger partial charge in [0.25, 0.3) is 5.91 Å². The zero-order chi connectivity index (χ0) is 14.0. The zero-order valence-electron chi connectivity index (χ0n) is 11.9. The number of hydrogen-bond donors (Lipinski definition) is 2. The van der Waals surface area contributed by atoms with Crippen LogP contribution in [0.4, 0.5) is 5.69 Å². The molecule has 0 atom stereocenters. The summed E-state index contributed by atoms with van der Waals surface area (Å²) in [6, 6.07) is 0.284. The van der Waals surface area contributed by atoms with Gasteiger partial charge < -0.3 is 15.5 Å². The Balaban J connectivity index is 2.02. The summed E-state index contributed by atoms with van der Waals surface area (Å²) >= 11 is 0. The van der Waals surface area contributed by atoms with Gasteiger partial charge >= 0.3 is 0 Å². The number of likely N-dealkylation sites (tertiary alicyclic amines) is 1. The van der Waals surface area contributed by atoms with Crippen molar-refractivity contribution in [3.8, 4) is 0 Å². The second-order valence-electron chi connectivity index (χ2n) is 5.19. The summed E-state index contributed by atoms with van der Waals surface area (Å²) in [7, 11) is 1.85. The molecule has 6 nitrogen and oxygen atoms in total. The molecule has 0 bridgehead atoms. The third-order valence-electron chi connectivity index (χ3n) is 4.07. The van der Waals surface area contributed by atoms with Crippen LogP contribution in [-0.2, 0) is 0 Å². The highest BCUT2D eigenvalue weighted by Gasteiger charge is 2.27. The van der Waals surface area contributed by atoms with Crippen molar-refractivity contribution in [1.82, 2.24) is 20.0 Å². The topological polar surface area (TPSA) is 78.2 Å². The van der Waals surface area contributed by atoms with E-state index in [0.717, 1.165) is 38.2 Å². The lowest BCUT2D eigenvalue weighted by Crippen LogP contribution is -2.45. The number of piperidine rings is 1. The molecule has 0 radical (unpaired) electrons. The van der Waals surface area contributed by atoms with Gasteiger partial charge in [-0.2, -0.15) is 5.10 Å². The first-order valence-corrected chi connectivity index (χ1v) is 6.84. The molecule has 1 aromatic rings. The van der Waals surface area contributed by atoms with E-state index in [1.54, 1.807) is 4.90 Å². The summed E-state index contributed by atoms with van der Waals surface area (Å²) in [5.74, 6) is -0.0863. The standard InChI is InChI=1S/C13H23N5O/c1-4-18-7-5-10(6-8-18)17(3)13(19)12-11(14)9(2)15-16-12/h10H,4-8,14H2,1-3H3,(H,15,16). The van der Waals surface area contributed by atoms with Crippen molar-refractivity contribution in [2.75, 3.05) is 32.4 Å². The van der Waals surface area contributed by atoms with Crippen molar-refractivity contribution in [2.45, 2.75) is 32.7 Å². The Labute approximate surface area is 113 Å². The number of hydrogen-bond acceptors (Lipinski definition) is 4. The van der Waals surface area contributed by atoms with Crippen LogP contribution in [0.3, 0.4) is 0 Å². The lowest BCUT2D eigenvalue weighted by atomic mass is 10.0. The van der Waals surface area contributed by atoms with Gasteiger partial charge in [0.1, 0.15) is 0 Å². The Morgan fingerprint density at radius 3 is 2.63 bits per heavy atom. The van der Waals surface area contributed by atoms with Crippen molar-refractivity contribution in [2.24, 2.45) is 0 Å². The van der Waals surface area contributed by atoms with Crippen LogP contribution in [0.25, 0.3) is 0 Å². The molecular weight excluding hydrogens is 242 g/mol. The number of amides is 1. The molecule has 0 aromatic carbocycles. The Morgan fingerprint density at radius 2 is 2.16 bits per heavy atom. The quantitative estimate of drug-likeness (QED) is 0.849. The Kier molecular flexibility index (Phi) is 4.09. The number of nitrogens with one attached hydrogen (secondary N) is 1. The van der Waals surface area contributed by atoms with E-state index in [9.17, 15) is 4.79 Å². The monoisotopic (exact) mass is 265 g/mol.